The fourth-order valence-electron chi connectivity index (χ4n) is 3.44. The van der Waals surface area contributed by atoms with Crippen LogP contribution in [0.1, 0.15) is 25.3 Å². The number of carbonyl (C=O) groups is 2. The van der Waals surface area contributed by atoms with Crippen LogP contribution in [-0.4, -0.2) is 74.2 Å². The lowest BCUT2D eigenvalue weighted by Gasteiger charge is -2.26. The highest BCUT2D eigenvalue weighted by Crippen LogP contribution is 2.29. The third-order valence-corrected chi connectivity index (χ3v) is 5.04. The molecule has 2 aliphatic heterocycles. The molecule has 2 aliphatic rings. The maximum atomic E-state index is 12.5. The third-order valence-electron chi connectivity index (χ3n) is 5.04. The van der Waals surface area contributed by atoms with E-state index in [9.17, 15) is 14.9 Å². The normalized spacial score (nSPS) is 16.9. The number of benzene rings is 1. The molecule has 1 aromatic carbocycles. The van der Waals surface area contributed by atoms with Crippen molar-refractivity contribution in [3.63, 3.8) is 0 Å². The van der Waals surface area contributed by atoms with Crippen molar-refractivity contribution in [2.24, 2.45) is 0 Å². The highest BCUT2D eigenvalue weighted by molar-refractivity contribution is 6.01. The maximum absolute atomic E-state index is 12.5. The van der Waals surface area contributed by atoms with Crippen LogP contribution < -0.4 is 9.47 Å². The molecule has 0 aliphatic carbocycles. The Kier molecular flexibility index (Phi) is 7.69. The molecule has 0 spiro atoms. The third kappa shape index (κ3) is 5.51. The summed E-state index contributed by atoms with van der Waals surface area (Å²) in [5, 5.41) is 9.44. The van der Waals surface area contributed by atoms with E-state index in [2.05, 4.69) is 0 Å². The molecule has 0 saturated carbocycles. The van der Waals surface area contributed by atoms with E-state index < -0.39 is 0 Å². The van der Waals surface area contributed by atoms with Gasteiger partial charge in [0.25, 0.3) is 11.8 Å². The second-order valence-corrected chi connectivity index (χ2v) is 7.09. The number of amides is 2. The molecule has 2 saturated heterocycles. The summed E-state index contributed by atoms with van der Waals surface area (Å²) in [6.07, 6.45) is 3.49. The van der Waals surface area contributed by atoms with Crippen molar-refractivity contribution in [1.82, 2.24) is 9.80 Å². The average molecular weight is 413 g/mol. The fourth-order valence-corrected chi connectivity index (χ4v) is 3.44. The number of hydrogen-bond acceptors (Lipinski definition) is 6. The Labute approximate surface area is 176 Å². The highest BCUT2D eigenvalue weighted by atomic mass is 16.5. The predicted molar refractivity (Wildman–Crippen MR) is 110 cm³/mol. The summed E-state index contributed by atoms with van der Waals surface area (Å²) < 4.78 is 16.6. The lowest BCUT2D eigenvalue weighted by Crippen LogP contribution is -2.43. The monoisotopic (exact) mass is 413 g/mol. The molecule has 160 valence electrons. The van der Waals surface area contributed by atoms with E-state index in [0.717, 1.165) is 12.8 Å². The van der Waals surface area contributed by atoms with Crippen molar-refractivity contribution in [1.29, 1.82) is 5.26 Å². The second-order valence-electron chi connectivity index (χ2n) is 7.09. The molecule has 2 heterocycles. The van der Waals surface area contributed by atoms with E-state index in [0.29, 0.717) is 63.1 Å². The zero-order valence-corrected chi connectivity index (χ0v) is 17.3. The lowest BCUT2D eigenvalue weighted by atomic mass is 10.1. The van der Waals surface area contributed by atoms with E-state index in [4.69, 9.17) is 14.2 Å². The summed E-state index contributed by atoms with van der Waals surface area (Å²) in [5.74, 6) is 0.559. The van der Waals surface area contributed by atoms with Crippen molar-refractivity contribution < 1.29 is 23.8 Å². The van der Waals surface area contributed by atoms with Crippen LogP contribution in [0.4, 0.5) is 0 Å². The van der Waals surface area contributed by atoms with E-state index in [1.54, 1.807) is 34.1 Å². The molecule has 0 aromatic heterocycles. The van der Waals surface area contributed by atoms with Crippen molar-refractivity contribution in [2.45, 2.75) is 19.8 Å². The average Bonchev–Trinajstić information content (AvgIpc) is 3.32. The largest absolute Gasteiger partial charge is 0.490 e. The van der Waals surface area contributed by atoms with E-state index in [-0.39, 0.29) is 24.0 Å². The number of ether oxygens (including phenoxy) is 3. The number of rotatable bonds is 7. The van der Waals surface area contributed by atoms with Gasteiger partial charge in [-0.3, -0.25) is 9.59 Å². The Morgan fingerprint density at radius 3 is 2.50 bits per heavy atom. The first kappa shape index (κ1) is 21.7. The summed E-state index contributed by atoms with van der Waals surface area (Å²) in [5.41, 5.74) is 0.755. The minimum atomic E-state index is -0.246. The van der Waals surface area contributed by atoms with Crippen molar-refractivity contribution >= 4 is 17.9 Å². The molecule has 2 amide bonds. The molecule has 3 rings (SSSR count). The van der Waals surface area contributed by atoms with E-state index >= 15 is 0 Å². The van der Waals surface area contributed by atoms with Gasteiger partial charge in [0.1, 0.15) is 11.6 Å². The smallest absolute Gasteiger partial charge is 0.264 e. The van der Waals surface area contributed by atoms with Crippen LogP contribution in [0.2, 0.25) is 0 Å². The molecule has 30 heavy (non-hydrogen) atoms. The SMILES string of the molecule is CCOc1cc(/C=C(\C#N)C(=O)N2CCCC2)ccc1OCC(=O)N1CCOCC1. The number of carbonyl (C=O) groups excluding carboxylic acids is 2. The Balaban J connectivity index is 1.71. The van der Waals surface area contributed by atoms with Gasteiger partial charge in [0.05, 0.1) is 19.8 Å². The zero-order valence-electron chi connectivity index (χ0n) is 17.3. The Bertz CT molecular complexity index is 834. The van der Waals surface area contributed by atoms with Gasteiger partial charge in [-0.25, -0.2) is 0 Å². The van der Waals surface area contributed by atoms with Crippen LogP contribution in [0.3, 0.4) is 0 Å². The second kappa shape index (κ2) is 10.6. The van der Waals surface area contributed by atoms with Gasteiger partial charge < -0.3 is 24.0 Å². The highest BCUT2D eigenvalue weighted by Gasteiger charge is 2.22. The molecule has 0 N–H and O–H groups in total. The molecule has 0 bridgehead atoms. The first-order chi connectivity index (χ1) is 14.6. The van der Waals surface area contributed by atoms with Crippen molar-refractivity contribution in [3.05, 3.63) is 29.3 Å². The lowest BCUT2D eigenvalue weighted by molar-refractivity contribution is -0.137. The van der Waals surface area contributed by atoms with Gasteiger partial charge in [0, 0.05) is 26.2 Å². The van der Waals surface area contributed by atoms with Crippen LogP contribution in [0, 0.1) is 11.3 Å². The molecule has 8 nitrogen and oxygen atoms in total. The van der Waals surface area contributed by atoms with Gasteiger partial charge >= 0.3 is 0 Å². The van der Waals surface area contributed by atoms with Crippen LogP contribution in [-0.2, 0) is 14.3 Å². The summed E-state index contributed by atoms with van der Waals surface area (Å²) in [6.45, 7) is 5.74. The molecular formula is C22H27N3O5. The topological polar surface area (TPSA) is 92.1 Å². The Morgan fingerprint density at radius 2 is 1.83 bits per heavy atom. The van der Waals surface area contributed by atoms with E-state index in [1.165, 1.54) is 0 Å². The first-order valence-electron chi connectivity index (χ1n) is 10.3. The van der Waals surface area contributed by atoms with Gasteiger partial charge in [0.15, 0.2) is 18.1 Å². The summed E-state index contributed by atoms with van der Waals surface area (Å²) in [4.78, 5) is 28.2. The van der Waals surface area contributed by atoms with E-state index in [1.807, 2.05) is 13.0 Å². The van der Waals surface area contributed by atoms with Crippen LogP contribution in [0.5, 0.6) is 11.5 Å². The number of morpholine rings is 1. The fraction of sp³-hybridized carbons (Fsp3) is 0.500. The van der Waals surface area contributed by atoms with Crippen LogP contribution in [0.15, 0.2) is 23.8 Å². The molecular weight excluding hydrogens is 386 g/mol. The van der Waals surface area contributed by atoms with Gasteiger partial charge in [0.2, 0.25) is 0 Å². The molecule has 1 aromatic rings. The minimum absolute atomic E-state index is 0.0911. The van der Waals surface area contributed by atoms with Crippen LogP contribution in [0.25, 0.3) is 6.08 Å². The Hall–Kier alpha value is -3.05. The van der Waals surface area contributed by atoms with Gasteiger partial charge in [-0.15, -0.1) is 0 Å². The summed E-state index contributed by atoms with van der Waals surface area (Å²) >= 11 is 0. The first-order valence-corrected chi connectivity index (χ1v) is 10.3. The maximum Gasteiger partial charge on any atom is 0.264 e. The minimum Gasteiger partial charge on any atom is -0.490 e. The summed E-state index contributed by atoms with van der Waals surface area (Å²) in [6, 6.07) is 7.16. The van der Waals surface area contributed by atoms with Gasteiger partial charge in [-0.05, 0) is 43.5 Å². The number of nitriles is 1. The molecule has 8 heteroatoms. The summed E-state index contributed by atoms with van der Waals surface area (Å²) in [7, 11) is 0. The van der Waals surface area contributed by atoms with Gasteiger partial charge in [-0.1, -0.05) is 6.07 Å². The zero-order chi connectivity index (χ0) is 21.3. The molecule has 2 fully saturated rings. The Morgan fingerprint density at radius 1 is 1.10 bits per heavy atom. The number of hydrogen-bond donors (Lipinski definition) is 0. The number of nitrogens with zero attached hydrogens (tertiary/aromatic N) is 3. The van der Waals surface area contributed by atoms with Crippen molar-refractivity contribution in [2.75, 3.05) is 52.6 Å². The quantitative estimate of drug-likeness (QED) is 0.500. The van der Waals surface area contributed by atoms with Crippen molar-refractivity contribution in [3.8, 4) is 17.6 Å². The van der Waals surface area contributed by atoms with Gasteiger partial charge in [-0.2, -0.15) is 5.26 Å². The molecule has 0 atom stereocenters. The molecule has 0 radical (unpaired) electrons. The molecule has 0 unspecified atom stereocenters. The standard InChI is InChI=1S/C22H27N3O5/c1-2-29-20-14-17(13-18(15-23)22(27)25-7-3-4-8-25)5-6-19(20)30-16-21(26)24-9-11-28-12-10-24/h5-6,13-14H,2-4,7-12,16H2,1H3/b18-13+. The number of likely N-dealkylation sites (tertiary alicyclic amines) is 1. The van der Waals surface area contributed by atoms with Crippen LogP contribution >= 0.6 is 0 Å². The predicted octanol–water partition coefficient (Wildman–Crippen LogP) is 1.85.